The van der Waals surface area contributed by atoms with E-state index in [1.807, 2.05) is 6.92 Å². The average Bonchev–Trinajstić information content (AvgIpc) is 2.90. The van der Waals surface area contributed by atoms with Crippen molar-refractivity contribution in [2.75, 3.05) is 0 Å². The molecule has 7 atom stereocenters. The van der Waals surface area contributed by atoms with Crippen molar-refractivity contribution in [2.45, 2.75) is 72.1 Å². The molecule has 3 aliphatic carbocycles. The lowest BCUT2D eigenvalue weighted by Crippen LogP contribution is -2.54. The van der Waals surface area contributed by atoms with Crippen LogP contribution in [-0.4, -0.2) is 27.9 Å². The minimum atomic E-state index is -0.851. The summed E-state index contributed by atoms with van der Waals surface area (Å²) in [5, 5.41) is 19.0. The number of ketones is 1. The number of hydrogen-bond acceptors (Lipinski definition) is 3. The first-order valence-electron chi connectivity index (χ1n) is 10.1. The summed E-state index contributed by atoms with van der Waals surface area (Å²) >= 11 is 0. The van der Waals surface area contributed by atoms with Gasteiger partial charge in [-0.05, 0) is 80.5 Å². The fourth-order valence-corrected chi connectivity index (χ4v) is 7.27. The lowest BCUT2D eigenvalue weighted by molar-refractivity contribution is -0.162. The molecule has 3 aliphatic rings. The molecular formula is C21H32O5. The second-order valence-corrected chi connectivity index (χ2v) is 9.53. The third-order valence-corrected chi connectivity index (χ3v) is 8.54. The van der Waals surface area contributed by atoms with Gasteiger partial charge in [-0.3, -0.25) is 14.4 Å². The molecule has 0 aromatic rings. The molecule has 26 heavy (non-hydrogen) atoms. The van der Waals surface area contributed by atoms with Crippen LogP contribution in [0.25, 0.3) is 0 Å². The normalized spacial score (nSPS) is 44.8. The maximum atomic E-state index is 12.2. The minimum Gasteiger partial charge on any atom is -0.481 e. The average molecular weight is 364 g/mol. The number of carboxylic acid groups (broad SMARTS) is 2. The topological polar surface area (TPSA) is 91.7 Å². The van der Waals surface area contributed by atoms with Gasteiger partial charge in [0.05, 0.1) is 5.92 Å². The zero-order valence-electron chi connectivity index (χ0n) is 16.2. The number of carbonyl (C=O) groups is 3. The van der Waals surface area contributed by atoms with Crippen LogP contribution in [0.1, 0.15) is 72.1 Å². The largest absolute Gasteiger partial charge is 0.481 e. The van der Waals surface area contributed by atoms with Crippen molar-refractivity contribution in [3.8, 4) is 0 Å². The van der Waals surface area contributed by atoms with E-state index in [0.29, 0.717) is 30.5 Å². The number of aliphatic carboxylic acids is 2. The van der Waals surface area contributed by atoms with Crippen LogP contribution in [0.3, 0.4) is 0 Å². The van der Waals surface area contributed by atoms with E-state index >= 15 is 0 Å². The quantitative estimate of drug-likeness (QED) is 0.769. The summed E-state index contributed by atoms with van der Waals surface area (Å²) in [7, 11) is 0. The first-order valence-corrected chi connectivity index (χ1v) is 10.1. The molecule has 2 N–H and O–H groups in total. The van der Waals surface area contributed by atoms with Crippen LogP contribution in [-0.2, 0) is 14.4 Å². The lowest BCUT2D eigenvalue weighted by Gasteiger charge is -2.58. The monoisotopic (exact) mass is 364 g/mol. The highest BCUT2D eigenvalue weighted by molar-refractivity contribution is 5.79. The van der Waals surface area contributed by atoms with Gasteiger partial charge in [-0.1, -0.05) is 13.8 Å². The molecule has 5 nitrogen and oxygen atoms in total. The van der Waals surface area contributed by atoms with Gasteiger partial charge in [-0.25, -0.2) is 0 Å². The van der Waals surface area contributed by atoms with E-state index in [2.05, 4.69) is 6.92 Å². The second-order valence-electron chi connectivity index (χ2n) is 9.53. The third-order valence-electron chi connectivity index (χ3n) is 8.54. The Morgan fingerprint density at radius 3 is 2.15 bits per heavy atom. The SMILES string of the molecule is CC(=O)[C@@H]1CC[C@@H]2[C@@H]3CC[C@H](C(=O)O)[C@](C)(CCC(=O)O)[C@H]3CC[C@]21C. The first-order chi connectivity index (χ1) is 12.1. The van der Waals surface area contributed by atoms with Crippen molar-refractivity contribution in [1.82, 2.24) is 0 Å². The molecule has 0 unspecified atom stereocenters. The Balaban J connectivity index is 1.91. The third kappa shape index (κ3) is 2.87. The van der Waals surface area contributed by atoms with Gasteiger partial charge in [0.1, 0.15) is 5.78 Å². The van der Waals surface area contributed by atoms with Crippen molar-refractivity contribution in [2.24, 2.45) is 40.4 Å². The number of Topliss-reactive ketones (excluding diaryl/α,β-unsaturated/α-hetero) is 1. The fourth-order valence-electron chi connectivity index (χ4n) is 7.27. The van der Waals surface area contributed by atoms with E-state index in [4.69, 9.17) is 0 Å². The number of carbonyl (C=O) groups excluding carboxylic acids is 1. The van der Waals surface area contributed by atoms with Crippen LogP contribution in [0, 0.1) is 40.4 Å². The molecule has 0 spiro atoms. The molecule has 0 bridgehead atoms. The maximum absolute atomic E-state index is 12.2. The highest BCUT2D eigenvalue weighted by Crippen LogP contribution is 2.66. The number of hydrogen-bond donors (Lipinski definition) is 2. The van der Waals surface area contributed by atoms with Gasteiger partial charge in [-0.2, -0.15) is 0 Å². The van der Waals surface area contributed by atoms with Crippen LogP contribution in [0.2, 0.25) is 0 Å². The molecule has 5 heteroatoms. The van der Waals surface area contributed by atoms with E-state index in [0.717, 1.165) is 32.1 Å². The van der Waals surface area contributed by atoms with Crippen molar-refractivity contribution < 1.29 is 24.6 Å². The zero-order valence-corrected chi connectivity index (χ0v) is 16.2. The Morgan fingerprint density at radius 2 is 1.58 bits per heavy atom. The number of carboxylic acids is 2. The van der Waals surface area contributed by atoms with Gasteiger partial charge in [-0.15, -0.1) is 0 Å². The van der Waals surface area contributed by atoms with Crippen molar-refractivity contribution in [1.29, 1.82) is 0 Å². The number of fused-ring (bicyclic) bond motifs is 3. The predicted octanol–water partition coefficient (Wildman–Crippen LogP) is 4.00. The molecule has 146 valence electrons. The van der Waals surface area contributed by atoms with Crippen molar-refractivity contribution in [3.63, 3.8) is 0 Å². The summed E-state index contributed by atoms with van der Waals surface area (Å²) in [6.45, 7) is 6.00. The van der Waals surface area contributed by atoms with Gasteiger partial charge < -0.3 is 10.2 Å². The molecule has 0 aromatic heterocycles. The molecule has 0 aromatic carbocycles. The zero-order chi connectivity index (χ0) is 19.3. The van der Waals surface area contributed by atoms with E-state index in [1.54, 1.807) is 6.92 Å². The van der Waals surface area contributed by atoms with E-state index in [9.17, 15) is 24.6 Å². The molecule has 3 fully saturated rings. The van der Waals surface area contributed by atoms with Gasteiger partial charge in [0.2, 0.25) is 0 Å². The Labute approximate surface area is 155 Å². The molecule has 3 rings (SSSR count). The van der Waals surface area contributed by atoms with E-state index in [-0.39, 0.29) is 23.7 Å². The summed E-state index contributed by atoms with van der Waals surface area (Å²) in [4.78, 5) is 35.3. The Bertz CT molecular complexity index is 614. The van der Waals surface area contributed by atoms with Crippen molar-refractivity contribution in [3.05, 3.63) is 0 Å². The van der Waals surface area contributed by atoms with Crippen LogP contribution in [0.5, 0.6) is 0 Å². The maximum Gasteiger partial charge on any atom is 0.307 e. The highest BCUT2D eigenvalue weighted by atomic mass is 16.4. The Kier molecular flexibility index (Phi) is 4.95. The van der Waals surface area contributed by atoms with Gasteiger partial charge >= 0.3 is 11.9 Å². The summed E-state index contributed by atoms with van der Waals surface area (Å²) in [5.41, 5.74) is -0.431. The van der Waals surface area contributed by atoms with Crippen LogP contribution < -0.4 is 0 Å². The summed E-state index contributed by atoms with van der Waals surface area (Å²) in [6, 6.07) is 0. The molecule has 0 radical (unpaired) electrons. The molecular weight excluding hydrogens is 332 g/mol. The first kappa shape index (κ1) is 19.4. The standard InChI is InChI=1S/C21H32O5/c1-12(22)14-6-7-15-13-4-5-17(19(25)26)21(3,11-9-18(23)24)16(13)8-10-20(14,15)2/h13-17H,4-11H2,1-3H3,(H,23,24)(H,25,26)/t13-,14-,15+,16-,17+,20-,21+/m0/s1. The fraction of sp³-hybridized carbons (Fsp3) is 0.857. The summed E-state index contributed by atoms with van der Waals surface area (Å²) in [6.07, 6.45) is 5.86. The molecule has 0 saturated heterocycles. The molecule has 0 amide bonds. The van der Waals surface area contributed by atoms with Gasteiger partial charge in [0, 0.05) is 12.3 Å². The second kappa shape index (κ2) is 6.65. The summed E-state index contributed by atoms with van der Waals surface area (Å²) < 4.78 is 0. The molecule has 0 heterocycles. The van der Waals surface area contributed by atoms with E-state index in [1.165, 1.54) is 0 Å². The minimum absolute atomic E-state index is 0.0293. The lowest BCUT2D eigenvalue weighted by atomic mass is 9.46. The Hall–Kier alpha value is -1.39. The van der Waals surface area contributed by atoms with E-state index < -0.39 is 23.3 Å². The summed E-state index contributed by atoms with van der Waals surface area (Å²) in [5.74, 6) is -0.523. The van der Waals surface area contributed by atoms with Crippen LogP contribution >= 0.6 is 0 Å². The van der Waals surface area contributed by atoms with Crippen LogP contribution in [0.15, 0.2) is 0 Å². The molecule has 0 aliphatic heterocycles. The van der Waals surface area contributed by atoms with Gasteiger partial charge in [0.25, 0.3) is 0 Å². The predicted molar refractivity (Wildman–Crippen MR) is 96.6 cm³/mol. The number of rotatable bonds is 5. The highest BCUT2D eigenvalue weighted by Gasteiger charge is 2.61. The Morgan fingerprint density at radius 1 is 0.923 bits per heavy atom. The van der Waals surface area contributed by atoms with Gasteiger partial charge in [0.15, 0.2) is 0 Å². The van der Waals surface area contributed by atoms with Crippen molar-refractivity contribution >= 4 is 17.7 Å². The smallest absolute Gasteiger partial charge is 0.307 e. The molecule has 3 saturated carbocycles. The van der Waals surface area contributed by atoms with Crippen LogP contribution in [0.4, 0.5) is 0 Å².